The van der Waals surface area contributed by atoms with E-state index in [0.29, 0.717) is 0 Å². The largest absolute Gasteiger partial charge is 0.345 e. The lowest BCUT2D eigenvalue weighted by Crippen LogP contribution is -2.36. The molecule has 24 heavy (non-hydrogen) atoms. The second-order valence-electron chi connectivity index (χ2n) is 7.13. The number of benzene rings is 2. The van der Waals surface area contributed by atoms with Crippen LogP contribution < -0.4 is 4.90 Å². The topological polar surface area (TPSA) is 6.48 Å². The first kappa shape index (κ1) is 17.3. The fourth-order valence-corrected chi connectivity index (χ4v) is 3.81. The Hall–Kier alpha value is -1.51. The number of rotatable bonds is 4. The highest BCUT2D eigenvalue weighted by Crippen LogP contribution is 2.31. The number of para-hydroxylation sites is 1. The summed E-state index contributed by atoms with van der Waals surface area (Å²) in [6.45, 7) is 3.66. The number of halogens is 1. The van der Waals surface area contributed by atoms with Gasteiger partial charge in [-0.3, -0.25) is 4.90 Å². The summed E-state index contributed by atoms with van der Waals surface area (Å²) in [5.74, 6) is 0.965. The molecule has 1 heterocycles. The summed E-state index contributed by atoms with van der Waals surface area (Å²) < 4.78 is 0. The smallest absolute Gasteiger partial charge is 0.0411 e. The summed E-state index contributed by atoms with van der Waals surface area (Å²) in [6.07, 6.45) is 5.54. The Balaban J connectivity index is 0.00000169. The summed E-state index contributed by atoms with van der Waals surface area (Å²) in [5.41, 5.74) is 5.60. The maximum Gasteiger partial charge on any atom is 0.0411 e. The molecular formula is C21H27ClN2. The second kappa shape index (κ2) is 7.58. The van der Waals surface area contributed by atoms with Crippen LogP contribution in [0, 0.1) is 5.92 Å². The first-order chi connectivity index (χ1) is 11.3. The molecule has 2 aliphatic rings. The van der Waals surface area contributed by atoms with Gasteiger partial charge < -0.3 is 4.90 Å². The molecule has 0 saturated heterocycles. The van der Waals surface area contributed by atoms with E-state index < -0.39 is 0 Å². The molecule has 0 radical (unpaired) electrons. The monoisotopic (exact) mass is 342 g/mol. The standard InChI is InChI=1S/C21H26N2.ClH/c1-22(20-8-3-2-4-9-20)21-11-10-18-12-13-23(16-19(18)14-21)15-17-6-5-7-17;/h2-4,8-11,14,17H,5-7,12-13,15-16H2,1H3;1H. The van der Waals surface area contributed by atoms with Gasteiger partial charge in [-0.1, -0.05) is 30.7 Å². The lowest BCUT2D eigenvalue weighted by molar-refractivity contribution is 0.166. The minimum Gasteiger partial charge on any atom is -0.345 e. The molecule has 0 unspecified atom stereocenters. The molecule has 4 rings (SSSR count). The molecule has 0 spiro atoms. The molecule has 0 atom stereocenters. The van der Waals surface area contributed by atoms with E-state index in [-0.39, 0.29) is 12.4 Å². The minimum absolute atomic E-state index is 0. The molecule has 1 fully saturated rings. The number of hydrogen-bond donors (Lipinski definition) is 0. The average Bonchev–Trinajstić information content (AvgIpc) is 2.57. The van der Waals surface area contributed by atoms with Gasteiger partial charge in [0.1, 0.15) is 0 Å². The van der Waals surface area contributed by atoms with Gasteiger partial charge in [-0.15, -0.1) is 12.4 Å². The Bertz CT molecular complexity index is 667. The van der Waals surface area contributed by atoms with Crippen molar-refractivity contribution in [2.45, 2.75) is 32.2 Å². The first-order valence-corrected chi connectivity index (χ1v) is 8.92. The van der Waals surface area contributed by atoms with Crippen molar-refractivity contribution in [2.75, 3.05) is 25.0 Å². The van der Waals surface area contributed by atoms with Crippen LogP contribution in [0.3, 0.4) is 0 Å². The van der Waals surface area contributed by atoms with Crippen molar-refractivity contribution in [1.29, 1.82) is 0 Å². The van der Waals surface area contributed by atoms with Crippen molar-refractivity contribution >= 4 is 23.8 Å². The molecule has 1 saturated carbocycles. The third-order valence-corrected chi connectivity index (χ3v) is 5.55. The molecule has 0 bridgehead atoms. The van der Waals surface area contributed by atoms with Gasteiger partial charge in [0, 0.05) is 38.1 Å². The van der Waals surface area contributed by atoms with E-state index in [4.69, 9.17) is 0 Å². The van der Waals surface area contributed by atoms with E-state index >= 15 is 0 Å². The third kappa shape index (κ3) is 3.60. The molecule has 1 aliphatic carbocycles. The fourth-order valence-electron chi connectivity index (χ4n) is 3.81. The second-order valence-corrected chi connectivity index (χ2v) is 7.13. The Morgan fingerprint density at radius 2 is 1.79 bits per heavy atom. The van der Waals surface area contributed by atoms with Crippen LogP contribution >= 0.6 is 12.4 Å². The lowest BCUT2D eigenvalue weighted by Gasteiger charge is -2.35. The lowest BCUT2D eigenvalue weighted by atomic mass is 9.84. The van der Waals surface area contributed by atoms with E-state index in [2.05, 4.69) is 65.4 Å². The first-order valence-electron chi connectivity index (χ1n) is 8.92. The van der Waals surface area contributed by atoms with Gasteiger partial charge >= 0.3 is 0 Å². The number of hydrogen-bond acceptors (Lipinski definition) is 2. The SMILES string of the molecule is CN(c1ccccc1)c1ccc2c(c1)CN(CC1CCC1)CC2.Cl. The zero-order valence-electron chi connectivity index (χ0n) is 14.4. The minimum atomic E-state index is 0. The Labute approximate surface area is 151 Å². The van der Waals surface area contributed by atoms with E-state index in [1.54, 1.807) is 5.56 Å². The molecular weight excluding hydrogens is 316 g/mol. The van der Waals surface area contributed by atoms with Crippen molar-refractivity contribution < 1.29 is 0 Å². The molecule has 1 aliphatic heterocycles. The number of nitrogens with zero attached hydrogens (tertiary/aromatic N) is 2. The quantitative estimate of drug-likeness (QED) is 0.768. The molecule has 0 aromatic heterocycles. The van der Waals surface area contributed by atoms with E-state index in [1.165, 1.54) is 55.7 Å². The number of fused-ring (bicyclic) bond motifs is 1. The van der Waals surface area contributed by atoms with Gasteiger partial charge in [-0.2, -0.15) is 0 Å². The van der Waals surface area contributed by atoms with Crippen LogP contribution in [0.4, 0.5) is 11.4 Å². The van der Waals surface area contributed by atoms with Crippen LogP contribution in [-0.2, 0) is 13.0 Å². The summed E-state index contributed by atoms with van der Waals surface area (Å²) in [6, 6.07) is 17.6. The van der Waals surface area contributed by atoms with Gasteiger partial charge in [0.15, 0.2) is 0 Å². The van der Waals surface area contributed by atoms with Crippen LogP contribution in [-0.4, -0.2) is 25.0 Å². The van der Waals surface area contributed by atoms with Gasteiger partial charge in [0.2, 0.25) is 0 Å². The molecule has 3 heteroatoms. The molecule has 2 aromatic rings. The van der Waals surface area contributed by atoms with Crippen molar-refractivity contribution in [3.63, 3.8) is 0 Å². The molecule has 128 valence electrons. The van der Waals surface area contributed by atoms with E-state index in [9.17, 15) is 0 Å². The summed E-state index contributed by atoms with van der Waals surface area (Å²) in [4.78, 5) is 4.95. The normalized spacial score (nSPS) is 17.5. The summed E-state index contributed by atoms with van der Waals surface area (Å²) in [7, 11) is 2.16. The Morgan fingerprint density at radius 3 is 2.50 bits per heavy atom. The predicted molar refractivity (Wildman–Crippen MR) is 105 cm³/mol. The van der Waals surface area contributed by atoms with Crippen molar-refractivity contribution in [1.82, 2.24) is 4.90 Å². The molecule has 2 nitrogen and oxygen atoms in total. The fraction of sp³-hybridized carbons (Fsp3) is 0.429. The predicted octanol–water partition coefficient (Wildman–Crippen LogP) is 5.03. The van der Waals surface area contributed by atoms with E-state index in [0.717, 1.165) is 12.5 Å². The van der Waals surface area contributed by atoms with Gasteiger partial charge in [-0.25, -0.2) is 0 Å². The summed E-state index contributed by atoms with van der Waals surface area (Å²) >= 11 is 0. The summed E-state index contributed by atoms with van der Waals surface area (Å²) in [5, 5.41) is 0. The van der Waals surface area contributed by atoms with E-state index in [1.807, 2.05) is 0 Å². The molecule has 0 N–H and O–H groups in total. The highest BCUT2D eigenvalue weighted by molar-refractivity contribution is 5.85. The molecule has 0 amide bonds. The van der Waals surface area contributed by atoms with Crippen LogP contribution in [0.2, 0.25) is 0 Å². The third-order valence-electron chi connectivity index (χ3n) is 5.55. The zero-order chi connectivity index (χ0) is 15.6. The van der Waals surface area contributed by atoms with Crippen molar-refractivity contribution in [2.24, 2.45) is 5.92 Å². The highest BCUT2D eigenvalue weighted by atomic mass is 35.5. The van der Waals surface area contributed by atoms with Gasteiger partial charge in [0.25, 0.3) is 0 Å². The zero-order valence-corrected chi connectivity index (χ0v) is 15.3. The van der Waals surface area contributed by atoms with Crippen LogP contribution in [0.25, 0.3) is 0 Å². The van der Waals surface area contributed by atoms with Gasteiger partial charge in [0.05, 0.1) is 0 Å². The van der Waals surface area contributed by atoms with Crippen LogP contribution in [0.5, 0.6) is 0 Å². The Kier molecular flexibility index (Phi) is 5.47. The van der Waals surface area contributed by atoms with Crippen LogP contribution in [0.1, 0.15) is 30.4 Å². The average molecular weight is 343 g/mol. The number of anilines is 2. The van der Waals surface area contributed by atoms with Crippen molar-refractivity contribution in [3.05, 3.63) is 59.7 Å². The highest BCUT2D eigenvalue weighted by Gasteiger charge is 2.23. The maximum atomic E-state index is 2.67. The molecule has 2 aromatic carbocycles. The Morgan fingerprint density at radius 1 is 1.00 bits per heavy atom. The van der Waals surface area contributed by atoms with Crippen LogP contribution in [0.15, 0.2) is 48.5 Å². The maximum absolute atomic E-state index is 2.67. The van der Waals surface area contributed by atoms with Crippen molar-refractivity contribution in [3.8, 4) is 0 Å². The van der Waals surface area contributed by atoms with Gasteiger partial charge in [-0.05, 0) is 60.6 Å².